The first-order valence-electron chi connectivity index (χ1n) is 4.00. The summed E-state index contributed by atoms with van der Waals surface area (Å²) in [7, 11) is -3.64. The second-order valence-electron chi connectivity index (χ2n) is 2.71. The lowest BCUT2D eigenvalue weighted by Crippen LogP contribution is -2.33. The van der Waals surface area contributed by atoms with Crippen LogP contribution in [-0.2, 0) is 14.8 Å². The molecular weight excluding hydrogens is 208 g/mol. The third-order valence-corrected chi connectivity index (χ3v) is 2.76. The largest absolute Gasteiger partial charge is 0.481 e. The van der Waals surface area contributed by atoms with Gasteiger partial charge in [0.2, 0.25) is 10.0 Å². The van der Waals surface area contributed by atoms with E-state index in [0.717, 1.165) is 0 Å². The molecule has 80 valence electrons. The number of aliphatic carboxylic acids is 1. The molecule has 0 heterocycles. The zero-order chi connectivity index (χ0) is 11.2. The highest BCUT2D eigenvalue weighted by Gasteiger charge is 2.18. The molecule has 0 saturated carbocycles. The van der Waals surface area contributed by atoms with Crippen molar-refractivity contribution in [2.24, 2.45) is 5.92 Å². The molecule has 0 spiro atoms. The molecule has 0 aliphatic heterocycles. The van der Waals surface area contributed by atoms with E-state index in [1.54, 1.807) is 6.92 Å². The topological polar surface area (TPSA) is 107 Å². The summed E-state index contributed by atoms with van der Waals surface area (Å²) in [5.41, 5.74) is 0. The van der Waals surface area contributed by atoms with Crippen LogP contribution in [0.1, 0.15) is 13.3 Å². The van der Waals surface area contributed by atoms with E-state index in [4.69, 9.17) is 10.4 Å². The van der Waals surface area contributed by atoms with Crippen molar-refractivity contribution in [1.29, 1.82) is 5.26 Å². The lowest BCUT2D eigenvalue weighted by molar-refractivity contribution is -0.141. The molecule has 0 bridgehead atoms. The molecule has 0 rings (SSSR count). The first-order chi connectivity index (χ1) is 6.43. The minimum Gasteiger partial charge on any atom is -0.481 e. The van der Waals surface area contributed by atoms with Gasteiger partial charge in [-0.2, -0.15) is 5.26 Å². The molecule has 0 saturated heterocycles. The zero-order valence-corrected chi connectivity index (χ0v) is 8.54. The molecule has 0 fully saturated rings. The van der Waals surface area contributed by atoms with E-state index in [0.29, 0.717) is 6.42 Å². The number of nitrogens with zero attached hydrogens (tertiary/aromatic N) is 1. The van der Waals surface area contributed by atoms with Gasteiger partial charge in [-0.1, -0.05) is 6.92 Å². The number of sulfonamides is 1. The van der Waals surface area contributed by atoms with Crippen LogP contribution in [0.2, 0.25) is 0 Å². The molecule has 0 aromatic carbocycles. The maximum Gasteiger partial charge on any atom is 0.307 e. The summed E-state index contributed by atoms with van der Waals surface area (Å²) >= 11 is 0. The number of nitriles is 1. The van der Waals surface area contributed by atoms with Crippen LogP contribution in [0.4, 0.5) is 0 Å². The van der Waals surface area contributed by atoms with Gasteiger partial charge in [-0.25, -0.2) is 13.1 Å². The maximum absolute atomic E-state index is 10.9. The molecule has 0 aliphatic carbocycles. The fraction of sp³-hybridized carbons (Fsp3) is 0.714. The standard InChI is InChI=1S/C7H12N2O4S/c1-2-6(7(10)11)5-9-14(12,13)4-3-8/h6,9H,2,4-5H2,1H3,(H,10,11). The van der Waals surface area contributed by atoms with Crippen LogP contribution in [0.3, 0.4) is 0 Å². The van der Waals surface area contributed by atoms with Gasteiger partial charge < -0.3 is 5.11 Å². The number of hydrogen-bond donors (Lipinski definition) is 2. The predicted molar refractivity (Wildman–Crippen MR) is 48.8 cm³/mol. The van der Waals surface area contributed by atoms with Gasteiger partial charge in [0.05, 0.1) is 12.0 Å². The summed E-state index contributed by atoms with van der Waals surface area (Å²) in [4.78, 5) is 10.5. The first kappa shape index (κ1) is 12.9. The van der Waals surface area contributed by atoms with E-state index in [1.165, 1.54) is 6.07 Å². The Kier molecular flexibility index (Phi) is 5.12. The van der Waals surface area contributed by atoms with Crippen LogP contribution in [0, 0.1) is 17.2 Å². The maximum atomic E-state index is 10.9. The molecule has 14 heavy (non-hydrogen) atoms. The van der Waals surface area contributed by atoms with E-state index < -0.39 is 27.7 Å². The van der Waals surface area contributed by atoms with Crippen LogP contribution in [-0.4, -0.2) is 31.8 Å². The Hall–Kier alpha value is -1.13. The van der Waals surface area contributed by atoms with Crippen molar-refractivity contribution in [2.45, 2.75) is 13.3 Å². The lowest BCUT2D eigenvalue weighted by atomic mass is 10.1. The van der Waals surface area contributed by atoms with Crippen LogP contribution in [0.5, 0.6) is 0 Å². The zero-order valence-electron chi connectivity index (χ0n) is 7.73. The average Bonchev–Trinajstić information content (AvgIpc) is 2.04. The summed E-state index contributed by atoms with van der Waals surface area (Å²) in [5.74, 6) is -2.45. The highest BCUT2D eigenvalue weighted by atomic mass is 32.2. The highest BCUT2D eigenvalue weighted by molar-refractivity contribution is 7.89. The Labute approximate surface area is 82.6 Å². The van der Waals surface area contributed by atoms with E-state index in [2.05, 4.69) is 4.72 Å². The number of carboxylic acid groups (broad SMARTS) is 1. The third kappa shape index (κ3) is 4.79. The van der Waals surface area contributed by atoms with Crippen molar-refractivity contribution in [2.75, 3.05) is 12.3 Å². The normalized spacial score (nSPS) is 13.1. The lowest BCUT2D eigenvalue weighted by Gasteiger charge is -2.09. The summed E-state index contributed by atoms with van der Waals surface area (Å²) in [6, 6.07) is 1.48. The van der Waals surface area contributed by atoms with Crippen LogP contribution < -0.4 is 4.72 Å². The van der Waals surface area contributed by atoms with Crippen molar-refractivity contribution >= 4 is 16.0 Å². The van der Waals surface area contributed by atoms with Crippen molar-refractivity contribution in [1.82, 2.24) is 4.72 Å². The fourth-order valence-corrected chi connectivity index (χ4v) is 1.50. The molecule has 0 radical (unpaired) electrons. The van der Waals surface area contributed by atoms with Crippen molar-refractivity contribution < 1.29 is 18.3 Å². The number of carboxylic acids is 1. The molecule has 1 unspecified atom stereocenters. The van der Waals surface area contributed by atoms with Crippen molar-refractivity contribution in [3.05, 3.63) is 0 Å². The van der Waals surface area contributed by atoms with Gasteiger partial charge in [-0.3, -0.25) is 4.79 Å². The van der Waals surface area contributed by atoms with Crippen molar-refractivity contribution in [3.8, 4) is 6.07 Å². The Morgan fingerprint density at radius 3 is 2.57 bits per heavy atom. The van der Waals surface area contributed by atoms with E-state index in [9.17, 15) is 13.2 Å². The van der Waals surface area contributed by atoms with Gasteiger partial charge in [0.1, 0.15) is 0 Å². The summed E-state index contributed by atoms with van der Waals surface area (Å²) in [5, 5.41) is 16.7. The molecular formula is C7H12N2O4S. The molecule has 6 nitrogen and oxygen atoms in total. The van der Waals surface area contributed by atoms with Gasteiger partial charge in [-0.05, 0) is 6.42 Å². The third-order valence-electron chi connectivity index (χ3n) is 1.65. The Morgan fingerprint density at radius 1 is 1.64 bits per heavy atom. The van der Waals surface area contributed by atoms with Crippen LogP contribution in [0.25, 0.3) is 0 Å². The number of nitrogens with one attached hydrogen (secondary N) is 1. The SMILES string of the molecule is CCC(CNS(=O)(=O)CC#N)C(=O)O. The minimum atomic E-state index is -3.64. The van der Waals surface area contributed by atoms with Crippen molar-refractivity contribution in [3.63, 3.8) is 0 Å². The molecule has 0 aromatic heterocycles. The Bertz CT molecular complexity index is 330. The summed E-state index contributed by atoms with van der Waals surface area (Å²) in [6.45, 7) is 1.48. The van der Waals surface area contributed by atoms with Crippen LogP contribution in [0.15, 0.2) is 0 Å². The molecule has 7 heteroatoms. The van der Waals surface area contributed by atoms with Crippen LogP contribution >= 0.6 is 0 Å². The Morgan fingerprint density at radius 2 is 2.21 bits per heavy atom. The highest BCUT2D eigenvalue weighted by Crippen LogP contribution is 2.01. The van der Waals surface area contributed by atoms with Gasteiger partial charge in [0.15, 0.2) is 5.75 Å². The Balaban J connectivity index is 4.18. The van der Waals surface area contributed by atoms with E-state index >= 15 is 0 Å². The van der Waals surface area contributed by atoms with Gasteiger partial charge in [0.25, 0.3) is 0 Å². The smallest absolute Gasteiger partial charge is 0.307 e. The number of hydrogen-bond acceptors (Lipinski definition) is 4. The molecule has 0 aromatic rings. The summed E-state index contributed by atoms with van der Waals surface area (Å²) < 4.78 is 24.0. The molecule has 0 amide bonds. The number of carbonyl (C=O) groups is 1. The van der Waals surface area contributed by atoms with Gasteiger partial charge in [-0.15, -0.1) is 0 Å². The second kappa shape index (κ2) is 5.57. The average molecular weight is 220 g/mol. The summed E-state index contributed by atoms with van der Waals surface area (Å²) in [6.07, 6.45) is 0.338. The fourth-order valence-electron chi connectivity index (χ4n) is 0.770. The quantitative estimate of drug-likeness (QED) is 0.629. The van der Waals surface area contributed by atoms with E-state index in [1.807, 2.05) is 0 Å². The molecule has 0 aliphatic rings. The second-order valence-corrected chi connectivity index (χ2v) is 4.52. The monoisotopic (exact) mass is 220 g/mol. The number of rotatable bonds is 6. The molecule has 1 atom stereocenters. The minimum absolute atomic E-state index is 0.171. The first-order valence-corrected chi connectivity index (χ1v) is 5.65. The van der Waals surface area contributed by atoms with E-state index in [-0.39, 0.29) is 6.54 Å². The van der Waals surface area contributed by atoms with Gasteiger partial charge >= 0.3 is 5.97 Å². The predicted octanol–water partition coefficient (Wildman–Crippen LogP) is -0.460. The van der Waals surface area contributed by atoms with Gasteiger partial charge in [0, 0.05) is 6.54 Å². The molecule has 2 N–H and O–H groups in total.